The lowest BCUT2D eigenvalue weighted by Gasteiger charge is -2.17. The summed E-state index contributed by atoms with van der Waals surface area (Å²) in [5.41, 5.74) is -1.03. The van der Waals surface area contributed by atoms with Gasteiger partial charge in [-0.1, -0.05) is 56.3 Å². The second-order valence-corrected chi connectivity index (χ2v) is 6.92. The van der Waals surface area contributed by atoms with E-state index >= 15 is 0 Å². The molecule has 3 aromatic rings. The average Bonchev–Trinajstić information content (AvgIpc) is 2.68. The molecule has 1 heterocycles. The van der Waals surface area contributed by atoms with Crippen molar-refractivity contribution in [3.05, 3.63) is 80.1 Å². The van der Waals surface area contributed by atoms with Crippen molar-refractivity contribution in [1.82, 2.24) is 9.55 Å². The Labute approximate surface area is 166 Å². The molecule has 0 aliphatic carbocycles. The zero-order valence-electron chi connectivity index (χ0n) is 16.5. The molecule has 0 unspecified atom stereocenters. The molecule has 0 amide bonds. The summed E-state index contributed by atoms with van der Waals surface area (Å²) < 4.78 is 5.94. The minimum atomic E-state index is -0.823. The van der Waals surface area contributed by atoms with Crippen molar-refractivity contribution in [2.45, 2.75) is 33.2 Å². The van der Waals surface area contributed by atoms with Gasteiger partial charge in [-0.2, -0.15) is 0 Å². The second kappa shape index (κ2) is 8.26. The Morgan fingerprint density at radius 1 is 1.07 bits per heavy atom. The van der Waals surface area contributed by atoms with Crippen LogP contribution in [-0.4, -0.2) is 27.9 Å². The fraction of sp³-hybridized carbons (Fsp3) is 0.273. The summed E-state index contributed by atoms with van der Waals surface area (Å²) in [5.74, 6) is -1.50. The number of rotatable bonds is 6. The van der Waals surface area contributed by atoms with Crippen molar-refractivity contribution in [3.63, 3.8) is 0 Å². The number of benzene rings is 2. The van der Waals surface area contributed by atoms with E-state index in [9.17, 15) is 19.2 Å². The minimum Gasteiger partial charge on any atom is -0.465 e. The SMILES string of the molecule is CCOC(=O)Cn1c(C(=O)c2cccc3ccccc23)c(C(C)C)c(=O)[nH]c1=O. The smallest absolute Gasteiger partial charge is 0.329 e. The predicted molar refractivity (Wildman–Crippen MR) is 109 cm³/mol. The first-order valence-electron chi connectivity index (χ1n) is 9.40. The number of carbonyl (C=O) groups excluding carboxylic acids is 2. The van der Waals surface area contributed by atoms with Gasteiger partial charge in [0.1, 0.15) is 12.2 Å². The van der Waals surface area contributed by atoms with Gasteiger partial charge in [0, 0.05) is 11.1 Å². The summed E-state index contributed by atoms with van der Waals surface area (Å²) in [4.78, 5) is 52.9. The molecule has 1 N–H and O–H groups in total. The lowest BCUT2D eigenvalue weighted by atomic mass is 9.94. The van der Waals surface area contributed by atoms with Gasteiger partial charge in [0.2, 0.25) is 5.78 Å². The Bertz CT molecular complexity index is 1200. The van der Waals surface area contributed by atoms with Gasteiger partial charge in [0.25, 0.3) is 5.56 Å². The number of H-pyrrole nitrogens is 1. The van der Waals surface area contributed by atoms with Gasteiger partial charge in [0.15, 0.2) is 0 Å². The zero-order valence-corrected chi connectivity index (χ0v) is 16.5. The number of fused-ring (bicyclic) bond motifs is 1. The third-order valence-electron chi connectivity index (χ3n) is 4.65. The number of esters is 1. The highest BCUT2D eigenvalue weighted by molar-refractivity contribution is 6.16. The molecule has 0 aliphatic heterocycles. The van der Waals surface area contributed by atoms with Gasteiger partial charge in [-0.05, 0) is 23.6 Å². The average molecular weight is 394 g/mol. The molecule has 0 fully saturated rings. The number of aromatic amines is 1. The number of ketones is 1. The van der Waals surface area contributed by atoms with Crippen molar-refractivity contribution in [1.29, 1.82) is 0 Å². The first-order chi connectivity index (χ1) is 13.8. The van der Waals surface area contributed by atoms with Gasteiger partial charge < -0.3 is 4.74 Å². The van der Waals surface area contributed by atoms with Crippen molar-refractivity contribution in [3.8, 4) is 0 Å². The van der Waals surface area contributed by atoms with Crippen LogP contribution >= 0.6 is 0 Å². The minimum absolute atomic E-state index is 0.0850. The monoisotopic (exact) mass is 394 g/mol. The summed E-state index contributed by atoms with van der Waals surface area (Å²) in [7, 11) is 0. The molecule has 0 saturated carbocycles. The molecule has 3 rings (SSSR count). The second-order valence-electron chi connectivity index (χ2n) is 6.92. The van der Waals surface area contributed by atoms with Gasteiger partial charge in [-0.25, -0.2) is 4.79 Å². The number of carbonyl (C=O) groups is 2. The maximum Gasteiger partial charge on any atom is 0.329 e. The summed E-state index contributed by atoms with van der Waals surface area (Å²) >= 11 is 0. The maximum atomic E-state index is 13.6. The molecule has 29 heavy (non-hydrogen) atoms. The maximum absolute atomic E-state index is 13.6. The molecule has 150 valence electrons. The van der Waals surface area contributed by atoms with Gasteiger partial charge in [0.05, 0.1) is 6.61 Å². The standard InChI is InChI=1S/C22H22N2O5/c1-4-29-17(25)12-24-19(18(13(2)3)21(27)23-22(24)28)20(26)16-11-7-9-14-8-5-6-10-15(14)16/h5-11,13H,4,12H2,1-3H3,(H,23,27,28). The van der Waals surface area contributed by atoms with Crippen LogP contribution in [0, 0.1) is 0 Å². The summed E-state index contributed by atoms with van der Waals surface area (Å²) in [6, 6.07) is 12.6. The highest BCUT2D eigenvalue weighted by atomic mass is 16.5. The van der Waals surface area contributed by atoms with Crippen LogP contribution in [0.15, 0.2) is 52.1 Å². The van der Waals surface area contributed by atoms with Crippen LogP contribution in [0.5, 0.6) is 0 Å². The molecule has 0 aliphatic rings. The van der Waals surface area contributed by atoms with E-state index < -0.39 is 29.5 Å². The molecule has 1 aromatic heterocycles. The van der Waals surface area contributed by atoms with Crippen molar-refractivity contribution >= 4 is 22.5 Å². The molecule has 0 spiro atoms. The largest absolute Gasteiger partial charge is 0.465 e. The number of hydrogen-bond donors (Lipinski definition) is 1. The lowest BCUT2D eigenvalue weighted by Crippen LogP contribution is -2.39. The third-order valence-corrected chi connectivity index (χ3v) is 4.65. The highest BCUT2D eigenvalue weighted by Gasteiger charge is 2.26. The first kappa shape index (κ1) is 20.3. The molecule has 0 atom stereocenters. The Balaban J connectivity index is 2.31. The van der Waals surface area contributed by atoms with E-state index in [0.717, 1.165) is 9.95 Å². The third kappa shape index (κ3) is 3.89. The van der Waals surface area contributed by atoms with E-state index in [-0.39, 0.29) is 23.8 Å². The van der Waals surface area contributed by atoms with Crippen molar-refractivity contribution in [2.75, 3.05) is 6.61 Å². The van der Waals surface area contributed by atoms with Crippen LogP contribution in [0.1, 0.15) is 48.3 Å². The Kier molecular flexibility index (Phi) is 5.77. The zero-order chi connectivity index (χ0) is 21.1. The number of ether oxygens (including phenoxy) is 1. The number of nitrogens with one attached hydrogen (secondary N) is 1. The Hall–Kier alpha value is -3.48. The van der Waals surface area contributed by atoms with Crippen LogP contribution in [-0.2, 0) is 16.1 Å². The topological polar surface area (TPSA) is 98.2 Å². The molecule has 2 aromatic carbocycles. The van der Waals surface area contributed by atoms with Gasteiger partial charge >= 0.3 is 11.7 Å². The quantitative estimate of drug-likeness (QED) is 0.512. The molecule has 0 radical (unpaired) electrons. The number of nitrogens with zero attached hydrogens (tertiary/aromatic N) is 1. The van der Waals surface area contributed by atoms with Crippen LogP contribution in [0.25, 0.3) is 10.8 Å². The predicted octanol–water partition coefficient (Wildman–Crippen LogP) is 2.61. The van der Waals surface area contributed by atoms with Gasteiger partial charge in [-0.15, -0.1) is 0 Å². The first-order valence-corrected chi connectivity index (χ1v) is 9.40. The van der Waals surface area contributed by atoms with E-state index in [1.54, 1.807) is 39.0 Å². The molecule has 0 bridgehead atoms. The van der Waals surface area contributed by atoms with E-state index in [1.807, 2.05) is 24.3 Å². The summed E-state index contributed by atoms with van der Waals surface area (Å²) in [6.07, 6.45) is 0. The molecule has 7 nitrogen and oxygen atoms in total. The number of aromatic nitrogens is 2. The van der Waals surface area contributed by atoms with Crippen LogP contribution in [0.2, 0.25) is 0 Å². The molecule has 7 heteroatoms. The van der Waals surface area contributed by atoms with Gasteiger partial charge in [-0.3, -0.25) is 23.9 Å². The molecular weight excluding hydrogens is 372 g/mol. The lowest BCUT2D eigenvalue weighted by molar-refractivity contribution is -0.143. The fourth-order valence-electron chi connectivity index (χ4n) is 3.40. The van der Waals surface area contributed by atoms with Crippen molar-refractivity contribution < 1.29 is 14.3 Å². The van der Waals surface area contributed by atoms with Crippen LogP contribution < -0.4 is 11.2 Å². The van der Waals surface area contributed by atoms with E-state index in [4.69, 9.17) is 4.74 Å². The van der Waals surface area contributed by atoms with Crippen LogP contribution in [0.3, 0.4) is 0 Å². The highest BCUT2D eigenvalue weighted by Crippen LogP contribution is 2.24. The van der Waals surface area contributed by atoms with E-state index in [2.05, 4.69) is 4.98 Å². The summed E-state index contributed by atoms with van der Waals surface area (Å²) in [6.45, 7) is 4.83. The van der Waals surface area contributed by atoms with Crippen molar-refractivity contribution in [2.24, 2.45) is 0 Å². The summed E-state index contributed by atoms with van der Waals surface area (Å²) in [5, 5.41) is 1.55. The molecular formula is C22H22N2O5. The molecule has 0 saturated heterocycles. The normalized spacial score (nSPS) is 11.0. The Morgan fingerprint density at radius 2 is 1.76 bits per heavy atom. The fourth-order valence-corrected chi connectivity index (χ4v) is 3.40. The number of hydrogen-bond acceptors (Lipinski definition) is 5. The van der Waals surface area contributed by atoms with E-state index in [0.29, 0.717) is 10.9 Å². The van der Waals surface area contributed by atoms with E-state index in [1.165, 1.54) is 0 Å². The van der Waals surface area contributed by atoms with Crippen LogP contribution in [0.4, 0.5) is 0 Å². The Morgan fingerprint density at radius 3 is 2.45 bits per heavy atom.